The lowest BCUT2D eigenvalue weighted by Gasteiger charge is -2.10. The Balaban J connectivity index is 1.78. The highest BCUT2D eigenvalue weighted by molar-refractivity contribution is 9.10. The van der Waals surface area contributed by atoms with Gasteiger partial charge in [0.1, 0.15) is 11.4 Å². The van der Waals surface area contributed by atoms with E-state index in [1.165, 1.54) is 0 Å². The molecule has 0 aliphatic rings. The van der Waals surface area contributed by atoms with Gasteiger partial charge in [0.05, 0.1) is 0 Å². The average molecular weight is 389 g/mol. The van der Waals surface area contributed by atoms with Gasteiger partial charge in [-0.1, -0.05) is 18.2 Å². The Kier molecular flexibility index (Phi) is 4.44. The molecule has 0 unspecified atom stereocenters. The van der Waals surface area contributed by atoms with Gasteiger partial charge >= 0.3 is 0 Å². The van der Waals surface area contributed by atoms with E-state index in [1.54, 1.807) is 23.9 Å². The van der Waals surface area contributed by atoms with E-state index in [0.29, 0.717) is 17.9 Å². The molecular formula is C17H17BrN4O2. The number of aromatic nitrogens is 2. The lowest BCUT2D eigenvalue weighted by Crippen LogP contribution is -2.42. The van der Waals surface area contributed by atoms with Crippen molar-refractivity contribution in [2.24, 2.45) is 7.05 Å². The molecule has 1 aromatic carbocycles. The highest BCUT2D eigenvalue weighted by Gasteiger charge is 2.16. The normalized spacial score (nSPS) is 10.8. The third kappa shape index (κ3) is 2.94. The number of para-hydroxylation sites is 1. The molecule has 0 saturated heterocycles. The fraction of sp³-hybridized carbons (Fsp3) is 0.176. The van der Waals surface area contributed by atoms with E-state index >= 15 is 0 Å². The zero-order valence-electron chi connectivity index (χ0n) is 13.3. The van der Waals surface area contributed by atoms with E-state index in [2.05, 4.69) is 26.8 Å². The van der Waals surface area contributed by atoms with Crippen molar-refractivity contribution in [1.29, 1.82) is 0 Å². The minimum absolute atomic E-state index is 0.352. The molecule has 7 heteroatoms. The highest BCUT2D eigenvalue weighted by Crippen LogP contribution is 2.19. The summed E-state index contributed by atoms with van der Waals surface area (Å²) in [6.07, 6.45) is 1.77. The number of carbonyl (C=O) groups is 2. The lowest BCUT2D eigenvalue weighted by molar-refractivity contribution is 0.0837. The number of halogens is 1. The number of rotatable bonds is 3. The second-order valence-electron chi connectivity index (χ2n) is 5.40. The molecule has 0 bridgehead atoms. The standard InChI is InChI=1S/C17H17BrN4O2/c1-3-22-13-7-5-4-6-11(13)8-15(22)17(24)20-19-16(23)14-9-12(18)10-21(14)2/h4-10H,3H2,1-2H3,(H,19,23)(H,20,24). The van der Waals surface area contributed by atoms with Gasteiger partial charge in [0, 0.05) is 35.2 Å². The number of carbonyl (C=O) groups excluding carboxylic acids is 2. The molecule has 0 spiro atoms. The first-order chi connectivity index (χ1) is 11.5. The van der Waals surface area contributed by atoms with Gasteiger partial charge in [-0.25, -0.2) is 0 Å². The number of nitrogens with one attached hydrogen (secondary N) is 2. The van der Waals surface area contributed by atoms with Crippen molar-refractivity contribution in [1.82, 2.24) is 20.0 Å². The molecule has 3 rings (SSSR count). The number of hydrogen-bond acceptors (Lipinski definition) is 2. The minimum Gasteiger partial charge on any atom is -0.345 e. The van der Waals surface area contributed by atoms with E-state index in [4.69, 9.17) is 0 Å². The number of fused-ring (bicyclic) bond motifs is 1. The Bertz CT molecular complexity index is 926. The SMILES string of the molecule is CCn1c(C(=O)NNC(=O)c2cc(Br)cn2C)cc2ccccc21. The molecule has 2 aromatic heterocycles. The van der Waals surface area contributed by atoms with E-state index < -0.39 is 0 Å². The van der Waals surface area contributed by atoms with Crippen LogP contribution < -0.4 is 10.9 Å². The van der Waals surface area contributed by atoms with Crippen LogP contribution in [0.1, 0.15) is 27.9 Å². The molecule has 0 atom stereocenters. The van der Waals surface area contributed by atoms with Crippen molar-refractivity contribution in [2.75, 3.05) is 0 Å². The van der Waals surface area contributed by atoms with E-state index in [1.807, 2.05) is 41.8 Å². The second-order valence-corrected chi connectivity index (χ2v) is 6.31. The van der Waals surface area contributed by atoms with Gasteiger partial charge in [-0.15, -0.1) is 0 Å². The Hall–Kier alpha value is -2.54. The summed E-state index contributed by atoms with van der Waals surface area (Å²) in [6.45, 7) is 2.64. The van der Waals surface area contributed by atoms with Gasteiger partial charge in [0.2, 0.25) is 0 Å². The first-order valence-electron chi connectivity index (χ1n) is 7.52. The number of aryl methyl sites for hydroxylation is 2. The van der Waals surface area contributed by atoms with Gasteiger partial charge in [-0.3, -0.25) is 20.4 Å². The summed E-state index contributed by atoms with van der Waals surface area (Å²) >= 11 is 3.31. The fourth-order valence-electron chi connectivity index (χ4n) is 2.73. The van der Waals surface area contributed by atoms with E-state index in [-0.39, 0.29) is 11.8 Å². The second kappa shape index (κ2) is 6.52. The molecule has 3 aromatic rings. The number of hydrogen-bond donors (Lipinski definition) is 2. The van der Waals surface area contributed by atoms with Crippen LogP contribution in [0.5, 0.6) is 0 Å². The largest absolute Gasteiger partial charge is 0.345 e. The third-order valence-corrected chi connectivity index (χ3v) is 4.29. The molecule has 0 aliphatic carbocycles. The fourth-order valence-corrected chi connectivity index (χ4v) is 3.25. The van der Waals surface area contributed by atoms with Crippen LogP contribution >= 0.6 is 15.9 Å². The van der Waals surface area contributed by atoms with Crippen molar-refractivity contribution >= 4 is 38.6 Å². The van der Waals surface area contributed by atoms with Crippen molar-refractivity contribution in [3.8, 4) is 0 Å². The molecule has 0 aliphatic heterocycles. The zero-order valence-corrected chi connectivity index (χ0v) is 14.9. The molecule has 0 saturated carbocycles. The molecule has 0 fully saturated rings. The maximum absolute atomic E-state index is 12.5. The Labute approximate surface area is 147 Å². The molecule has 2 heterocycles. The molecule has 2 amide bonds. The van der Waals surface area contributed by atoms with Gasteiger partial charge in [-0.2, -0.15) is 0 Å². The number of hydrazine groups is 1. The average Bonchev–Trinajstić information content (AvgIpc) is 3.11. The first-order valence-corrected chi connectivity index (χ1v) is 8.31. The number of benzene rings is 1. The Morgan fingerprint density at radius 3 is 2.38 bits per heavy atom. The number of amides is 2. The van der Waals surface area contributed by atoms with Crippen LogP contribution in [-0.4, -0.2) is 20.9 Å². The summed E-state index contributed by atoms with van der Waals surface area (Å²) in [7, 11) is 1.76. The quantitative estimate of drug-likeness (QED) is 0.677. The summed E-state index contributed by atoms with van der Waals surface area (Å²) < 4.78 is 4.39. The smallest absolute Gasteiger partial charge is 0.286 e. The summed E-state index contributed by atoms with van der Waals surface area (Å²) in [6, 6.07) is 11.3. The van der Waals surface area contributed by atoms with Crippen LogP contribution in [0.25, 0.3) is 10.9 Å². The molecular weight excluding hydrogens is 372 g/mol. The summed E-state index contributed by atoms with van der Waals surface area (Å²) in [4.78, 5) is 24.6. The predicted molar refractivity (Wildman–Crippen MR) is 95.7 cm³/mol. The third-order valence-electron chi connectivity index (χ3n) is 3.85. The predicted octanol–water partition coefficient (Wildman–Crippen LogP) is 2.84. The monoisotopic (exact) mass is 388 g/mol. The van der Waals surface area contributed by atoms with Gasteiger partial charge in [-0.05, 0) is 41.1 Å². The van der Waals surface area contributed by atoms with E-state index in [9.17, 15) is 9.59 Å². The van der Waals surface area contributed by atoms with E-state index in [0.717, 1.165) is 15.4 Å². The first kappa shape index (κ1) is 16.3. The molecule has 2 N–H and O–H groups in total. The Morgan fingerprint density at radius 2 is 1.75 bits per heavy atom. The van der Waals surface area contributed by atoms with Gasteiger partial charge in [0.15, 0.2) is 0 Å². The summed E-state index contributed by atoms with van der Waals surface area (Å²) in [5.41, 5.74) is 6.87. The highest BCUT2D eigenvalue weighted by atomic mass is 79.9. The topological polar surface area (TPSA) is 68.1 Å². The van der Waals surface area contributed by atoms with Crippen molar-refractivity contribution in [2.45, 2.75) is 13.5 Å². The number of nitrogens with zero attached hydrogens (tertiary/aromatic N) is 2. The van der Waals surface area contributed by atoms with Crippen LogP contribution in [-0.2, 0) is 13.6 Å². The van der Waals surface area contributed by atoms with Crippen LogP contribution in [0.15, 0.2) is 47.1 Å². The molecule has 0 radical (unpaired) electrons. The zero-order chi connectivity index (χ0) is 17.3. The maximum Gasteiger partial charge on any atom is 0.286 e. The van der Waals surface area contributed by atoms with Gasteiger partial charge in [0.25, 0.3) is 11.8 Å². The van der Waals surface area contributed by atoms with Crippen LogP contribution in [0.4, 0.5) is 0 Å². The molecule has 24 heavy (non-hydrogen) atoms. The van der Waals surface area contributed by atoms with Gasteiger partial charge < -0.3 is 9.13 Å². The molecule has 124 valence electrons. The summed E-state index contributed by atoms with van der Waals surface area (Å²) in [5.74, 6) is -0.731. The maximum atomic E-state index is 12.5. The van der Waals surface area contributed by atoms with Crippen LogP contribution in [0.3, 0.4) is 0 Å². The minimum atomic E-state index is -0.379. The lowest BCUT2D eigenvalue weighted by atomic mass is 10.2. The summed E-state index contributed by atoms with van der Waals surface area (Å²) in [5, 5.41) is 0.988. The van der Waals surface area contributed by atoms with Crippen molar-refractivity contribution in [3.05, 3.63) is 58.5 Å². The molecule has 6 nitrogen and oxygen atoms in total. The van der Waals surface area contributed by atoms with Crippen molar-refractivity contribution < 1.29 is 9.59 Å². The van der Waals surface area contributed by atoms with Crippen LogP contribution in [0.2, 0.25) is 0 Å². The Morgan fingerprint density at radius 1 is 1.08 bits per heavy atom. The van der Waals surface area contributed by atoms with Crippen LogP contribution in [0, 0.1) is 0 Å². The van der Waals surface area contributed by atoms with Crippen molar-refractivity contribution in [3.63, 3.8) is 0 Å².